The molecule has 0 aliphatic carbocycles. The molecule has 26 heavy (non-hydrogen) atoms. The monoisotopic (exact) mass is 362 g/mol. The van der Waals surface area contributed by atoms with Crippen molar-refractivity contribution in [1.29, 1.82) is 0 Å². The zero-order chi connectivity index (χ0) is 19.4. The summed E-state index contributed by atoms with van der Waals surface area (Å²) in [5, 5.41) is 0. The van der Waals surface area contributed by atoms with E-state index in [4.69, 9.17) is 14.2 Å². The van der Waals surface area contributed by atoms with Crippen molar-refractivity contribution in [3.8, 4) is 17.2 Å². The number of hydrogen-bond acceptors (Lipinski definition) is 5. The van der Waals surface area contributed by atoms with Gasteiger partial charge < -0.3 is 14.2 Å². The third kappa shape index (κ3) is 6.51. The highest BCUT2D eigenvalue weighted by atomic mass is 16.5. The molecule has 0 radical (unpaired) electrons. The van der Waals surface area contributed by atoms with Crippen LogP contribution in [0.1, 0.15) is 38.1 Å². The third-order valence-electron chi connectivity index (χ3n) is 3.02. The van der Waals surface area contributed by atoms with Crippen molar-refractivity contribution in [3.63, 3.8) is 0 Å². The molecule has 0 unspecified atom stereocenters. The van der Waals surface area contributed by atoms with Gasteiger partial charge in [0, 0.05) is 11.6 Å². The average Bonchev–Trinajstić information content (AvgIpc) is 2.62. The lowest BCUT2D eigenvalue weighted by Gasteiger charge is -2.17. The first kappa shape index (κ1) is 21.1. The molecule has 1 aromatic rings. The van der Waals surface area contributed by atoms with Gasteiger partial charge in [-0.25, -0.2) is 0 Å². The lowest BCUT2D eigenvalue weighted by atomic mass is 10.1. The van der Waals surface area contributed by atoms with Crippen molar-refractivity contribution in [1.82, 2.24) is 10.9 Å². The van der Waals surface area contributed by atoms with Gasteiger partial charge in [-0.15, -0.1) is 0 Å². The zero-order valence-electron chi connectivity index (χ0n) is 15.6. The summed E-state index contributed by atoms with van der Waals surface area (Å²) in [6.07, 6.45) is 6.36. The number of carbonyl (C=O) groups excluding carboxylic acids is 2. The number of rotatable bonds is 9. The van der Waals surface area contributed by atoms with Crippen molar-refractivity contribution in [2.45, 2.75) is 27.7 Å². The Bertz CT molecular complexity index is 641. The topological polar surface area (TPSA) is 85.9 Å². The smallest absolute Gasteiger partial charge is 0.269 e. The minimum atomic E-state index is -0.497. The van der Waals surface area contributed by atoms with Crippen LogP contribution in [0.15, 0.2) is 36.4 Å². The molecule has 0 aromatic heterocycles. The van der Waals surface area contributed by atoms with E-state index in [1.807, 2.05) is 27.7 Å². The largest absolute Gasteiger partial charge is 0.490 e. The van der Waals surface area contributed by atoms with Crippen LogP contribution in [0, 0.1) is 0 Å². The van der Waals surface area contributed by atoms with Gasteiger partial charge in [-0.05, 0) is 39.8 Å². The highest BCUT2D eigenvalue weighted by Crippen LogP contribution is 2.39. The second kappa shape index (κ2) is 11.6. The van der Waals surface area contributed by atoms with Crippen LogP contribution in [0.5, 0.6) is 17.2 Å². The standard InChI is InChI=1S/C19H26N2O5/c1-5-9-10-11-17(22)20-21-19(23)14-12-15(24-6-2)18(26-8-4)16(13-14)25-7-3/h5,9-13H,6-8H2,1-4H3,(H,20,22)(H,21,23)/b9-5+,11-10+. The van der Waals surface area contributed by atoms with E-state index in [1.54, 1.807) is 30.4 Å². The van der Waals surface area contributed by atoms with Crippen LogP contribution in [0.3, 0.4) is 0 Å². The maximum absolute atomic E-state index is 12.3. The molecule has 0 aliphatic rings. The first-order valence-electron chi connectivity index (χ1n) is 8.53. The molecule has 142 valence electrons. The quantitative estimate of drug-likeness (QED) is 0.401. The number of allylic oxidation sites excluding steroid dienone is 3. The SMILES string of the molecule is C/C=C/C=C/C(=O)NNC(=O)c1cc(OCC)c(OCC)c(OCC)c1. The molecule has 0 heterocycles. The Balaban J connectivity index is 2.99. The molecule has 0 saturated carbocycles. The van der Waals surface area contributed by atoms with E-state index in [0.717, 1.165) is 0 Å². The lowest BCUT2D eigenvalue weighted by Crippen LogP contribution is -2.40. The maximum Gasteiger partial charge on any atom is 0.269 e. The fraction of sp³-hybridized carbons (Fsp3) is 0.368. The second-order valence-corrected chi connectivity index (χ2v) is 4.93. The molecule has 0 saturated heterocycles. The van der Waals surface area contributed by atoms with E-state index in [2.05, 4.69) is 10.9 Å². The highest BCUT2D eigenvalue weighted by molar-refractivity contribution is 5.97. The molecule has 0 spiro atoms. The Morgan fingerprint density at radius 1 is 0.923 bits per heavy atom. The Labute approximate surface area is 154 Å². The van der Waals surface area contributed by atoms with Crippen LogP contribution in [0.25, 0.3) is 0 Å². The van der Waals surface area contributed by atoms with Crippen LogP contribution in [-0.2, 0) is 4.79 Å². The van der Waals surface area contributed by atoms with Gasteiger partial charge in [-0.3, -0.25) is 20.4 Å². The van der Waals surface area contributed by atoms with Gasteiger partial charge in [0.25, 0.3) is 11.8 Å². The summed E-state index contributed by atoms with van der Waals surface area (Å²) in [6, 6.07) is 3.10. The van der Waals surface area contributed by atoms with Crippen molar-refractivity contribution in [2.75, 3.05) is 19.8 Å². The molecule has 0 bridgehead atoms. The van der Waals surface area contributed by atoms with Gasteiger partial charge in [0.05, 0.1) is 19.8 Å². The molecule has 0 aliphatic heterocycles. The molecular formula is C19H26N2O5. The first-order chi connectivity index (χ1) is 12.6. The fourth-order valence-electron chi connectivity index (χ4n) is 2.01. The van der Waals surface area contributed by atoms with Crippen molar-refractivity contribution in [3.05, 3.63) is 42.0 Å². The molecule has 0 fully saturated rings. The summed E-state index contributed by atoms with van der Waals surface area (Å²) in [7, 11) is 0. The van der Waals surface area contributed by atoms with Gasteiger partial charge in [0.15, 0.2) is 11.5 Å². The number of hydrogen-bond donors (Lipinski definition) is 2. The van der Waals surface area contributed by atoms with Crippen LogP contribution >= 0.6 is 0 Å². The summed E-state index contributed by atoms with van der Waals surface area (Å²) in [6.45, 7) is 8.59. The number of amides is 2. The van der Waals surface area contributed by atoms with E-state index in [1.165, 1.54) is 6.08 Å². The minimum Gasteiger partial charge on any atom is -0.490 e. The van der Waals surface area contributed by atoms with Crippen LogP contribution in [-0.4, -0.2) is 31.6 Å². The summed E-state index contributed by atoms with van der Waals surface area (Å²) >= 11 is 0. The average molecular weight is 362 g/mol. The molecule has 7 heteroatoms. The normalized spacial score (nSPS) is 10.8. The Morgan fingerprint density at radius 3 is 2.00 bits per heavy atom. The Morgan fingerprint density at radius 2 is 1.50 bits per heavy atom. The third-order valence-corrected chi connectivity index (χ3v) is 3.02. The number of nitrogens with one attached hydrogen (secondary N) is 2. The molecular weight excluding hydrogens is 336 g/mol. The molecule has 7 nitrogen and oxygen atoms in total. The van der Waals surface area contributed by atoms with Crippen LogP contribution in [0.2, 0.25) is 0 Å². The van der Waals surface area contributed by atoms with Gasteiger partial charge in [-0.2, -0.15) is 0 Å². The number of ether oxygens (including phenoxy) is 3. The molecule has 1 aromatic carbocycles. The Hall–Kier alpha value is -2.96. The van der Waals surface area contributed by atoms with Crippen molar-refractivity contribution in [2.24, 2.45) is 0 Å². The summed E-state index contributed by atoms with van der Waals surface area (Å²) in [5.41, 5.74) is 4.94. The summed E-state index contributed by atoms with van der Waals surface area (Å²) < 4.78 is 16.7. The Kier molecular flexibility index (Phi) is 9.38. The van der Waals surface area contributed by atoms with Gasteiger partial charge in [0.2, 0.25) is 5.75 Å². The first-order valence-corrected chi connectivity index (χ1v) is 8.53. The number of benzene rings is 1. The summed E-state index contributed by atoms with van der Waals surface area (Å²) in [4.78, 5) is 24.0. The van der Waals surface area contributed by atoms with E-state index in [0.29, 0.717) is 37.1 Å². The van der Waals surface area contributed by atoms with Gasteiger partial charge >= 0.3 is 0 Å². The van der Waals surface area contributed by atoms with Crippen LogP contribution in [0.4, 0.5) is 0 Å². The van der Waals surface area contributed by atoms with Crippen LogP contribution < -0.4 is 25.1 Å². The lowest BCUT2D eigenvalue weighted by molar-refractivity contribution is -0.117. The predicted octanol–water partition coefficient (Wildman–Crippen LogP) is 2.78. The van der Waals surface area contributed by atoms with E-state index >= 15 is 0 Å². The van der Waals surface area contributed by atoms with E-state index < -0.39 is 11.8 Å². The number of carbonyl (C=O) groups is 2. The van der Waals surface area contributed by atoms with Gasteiger partial charge in [0.1, 0.15) is 0 Å². The highest BCUT2D eigenvalue weighted by Gasteiger charge is 2.18. The van der Waals surface area contributed by atoms with E-state index in [-0.39, 0.29) is 5.56 Å². The van der Waals surface area contributed by atoms with Crippen molar-refractivity contribution >= 4 is 11.8 Å². The summed E-state index contributed by atoms with van der Waals surface area (Å²) in [5.74, 6) is 0.320. The van der Waals surface area contributed by atoms with Gasteiger partial charge in [-0.1, -0.05) is 18.2 Å². The molecule has 0 atom stereocenters. The maximum atomic E-state index is 12.3. The van der Waals surface area contributed by atoms with Crippen molar-refractivity contribution < 1.29 is 23.8 Å². The molecule has 1 rings (SSSR count). The fourth-order valence-corrected chi connectivity index (χ4v) is 2.01. The number of hydrazine groups is 1. The zero-order valence-corrected chi connectivity index (χ0v) is 15.6. The predicted molar refractivity (Wildman–Crippen MR) is 99.5 cm³/mol. The van der Waals surface area contributed by atoms with E-state index in [9.17, 15) is 9.59 Å². The minimum absolute atomic E-state index is 0.276. The second-order valence-electron chi connectivity index (χ2n) is 4.93. The molecule has 2 N–H and O–H groups in total. The molecule has 2 amide bonds.